The van der Waals surface area contributed by atoms with Crippen LogP contribution in [0.25, 0.3) is 22.6 Å². The van der Waals surface area contributed by atoms with Gasteiger partial charge in [0.25, 0.3) is 0 Å². The highest BCUT2D eigenvalue weighted by Gasteiger charge is 2.13. The highest BCUT2D eigenvalue weighted by molar-refractivity contribution is 9.10. The molecule has 1 aromatic heterocycles. The third kappa shape index (κ3) is 4.65. The number of rotatable bonds is 7. The molecule has 0 aliphatic carbocycles. The second-order valence-corrected chi connectivity index (χ2v) is 7.83. The van der Waals surface area contributed by atoms with Gasteiger partial charge in [0.15, 0.2) is 0 Å². The van der Waals surface area contributed by atoms with E-state index in [2.05, 4.69) is 25.9 Å². The number of methoxy groups -OCH3 is 1. The number of nitrogens with zero attached hydrogens (tertiary/aromatic N) is 1. The molecule has 0 bridgehead atoms. The molecule has 6 nitrogen and oxygen atoms in total. The smallest absolute Gasteiger partial charge is 0.335 e. The van der Waals surface area contributed by atoms with Crippen LogP contribution in [0.5, 0.6) is 11.5 Å². The third-order valence-corrected chi connectivity index (χ3v) is 5.35. The van der Waals surface area contributed by atoms with Gasteiger partial charge in [-0.25, -0.2) is 14.2 Å². The number of ether oxygens (including phenoxy) is 2. The first-order chi connectivity index (χ1) is 15.4. The van der Waals surface area contributed by atoms with Crippen molar-refractivity contribution in [1.29, 1.82) is 0 Å². The van der Waals surface area contributed by atoms with Crippen LogP contribution in [0.2, 0.25) is 0 Å². The number of hydrogen-bond acceptors (Lipinski definition) is 4. The van der Waals surface area contributed by atoms with Gasteiger partial charge in [-0.3, -0.25) is 0 Å². The first-order valence-corrected chi connectivity index (χ1v) is 10.4. The van der Waals surface area contributed by atoms with Crippen molar-refractivity contribution >= 4 is 21.9 Å². The monoisotopic (exact) mass is 496 g/mol. The summed E-state index contributed by atoms with van der Waals surface area (Å²) in [6.45, 7) is 0.0855. The van der Waals surface area contributed by atoms with Crippen LogP contribution in [0.3, 0.4) is 0 Å². The van der Waals surface area contributed by atoms with E-state index >= 15 is 0 Å². The van der Waals surface area contributed by atoms with Gasteiger partial charge in [-0.1, -0.05) is 34.1 Å². The maximum atomic E-state index is 14.0. The van der Waals surface area contributed by atoms with E-state index in [0.717, 1.165) is 16.8 Å². The molecule has 0 unspecified atom stereocenters. The fourth-order valence-corrected chi connectivity index (χ4v) is 3.49. The zero-order chi connectivity index (χ0) is 22.7. The molecule has 0 atom stereocenters. The fraction of sp³-hybridized carbons (Fsp3) is 0.0833. The number of carboxylic acids is 1. The number of aromatic carboxylic acids is 1. The number of carboxylic acid groups (broad SMARTS) is 1. The van der Waals surface area contributed by atoms with Crippen molar-refractivity contribution in [2.24, 2.45) is 0 Å². The quantitative estimate of drug-likeness (QED) is 0.331. The van der Waals surface area contributed by atoms with E-state index in [1.165, 1.54) is 18.2 Å². The standard InChI is InChI=1S/C24H18BrFN2O4/c1-31-22-11-18(32-13-16-6-7-17(25)10-20(16)26)8-9-19(22)21-12-27-23(28-21)14-2-4-15(5-3-14)24(29)30/h2-12H,13H2,1H3,(H,27,28)(H,29,30). The summed E-state index contributed by atoms with van der Waals surface area (Å²) in [6.07, 6.45) is 1.68. The lowest BCUT2D eigenvalue weighted by Crippen LogP contribution is -1.99. The lowest BCUT2D eigenvalue weighted by Gasteiger charge is -2.11. The number of aromatic nitrogens is 2. The molecule has 0 aliphatic rings. The molecule has 0 saturated heterocycles. The average molecular weight is 497 g/mol. The molecule has 162 valence electrons. The van der Waals surface area contributed by atoms with Gasteiger partial charge in [0.2, 0.25) is 0 Å². The van der Waals surface area contributed by atoms with E-state index in [9.17, 15) is 9.18 Å². The molecule has 0 fully saturated rings. The molecule has 8 heteroatoms. The Labute approximate surface area is 191 Å². The number of nitrogens with one attached hydrogen (secondary N) is 1. The van der Waals surface area contributed by atoms with Crippen LogP contribution >= 0.6 is 15.9 Å². The zero-order valence-corrected chi connectivity index (χ0v) is 18.5. The Morgan fingerprint density at radius 3 is 2.59 bits per heavy atom. The Kier molecular flexibility index (Phi) is 6.23. The van der Waals surface area contributed by atoms with Gasteiger partial charge >= 0.3 is 5.97 Å². The van der Waals surface area contributed by atoms with Crippen LogP contribution in [0.4, 0.5) is 4.39 Å². The summed E-state index contributed by atoms with van der Waals surface area (Å²) in [6, 6.07) is 16.6. The maximum absolute atomic E-state index is 14.0. The molecular formula is C24H18BrFN2O4. The maximum Gasteiger partial charge on any atom is 0.335 e. The fourth-order valence-electron chi connectivity index (χ4n) is 3.16. The Morgan fingerprint density at radius 1 is 1.12 bits per heavy atom. The average Bonchev–Trinajstić information content (AvgIpc) is 3.28. The van der Waals surface area contributed by atoms with Crippen LogP contribution in [0, 0.1) is 5.82 Å². The molecule has 4 rings (SSSR count). The van der Waals surface area contributed by atoms with E-state index in [0.29, 0.717) is 27.4 Å². The van der Waals surface area contributed by atoms with Gasteiger partial charge in [-0.15, -0.1) is 0 Å². The number of halogens is 2. The number of aromatic amines is 1. The molecule has 0 saturated carbocycles. The number of benzene rings is 3. The lowest BCUT2D eigenvalue weighted by atomic mass is 10.1. The molecule has 0 spiro atoms. The summed E-state index contributed by atoms with van der Waals surface area (Å²) >= 11 is 3.24. The minimum Gasteiger partial charge on any atom is -0.496 e. The highest BCUT2D eigenvalue weighted by atomic mass is 79.9. The van der Waals surface area contributed by atoms with Crippen molar-refractivity contribution in [2.75, 3.05) is 7.11 Å². The largest absolute Gasteiger partial charge is 0.496 e. The summed E-state index contributed by atoms with van der Waals surface area (Å²) in [5.74, 6) is 0.382. The van der Waals surface area contributed by atoms with E-state index in [1.807, 2.05) is 6.07 Å². The van der Waals surface area contributed by atoms with Crippen molar-refractivity contribution in [3.8, 4) is 34.1 Å². The summed E-state index contributed by atoms with van der Waals surface area (Å²) in [7, 11) is 1.55. The third-order valence-electron chi connectivity index (χ3n) is 4.85. The number of hydrogen-bond donors (Lipinski definition) is 2. The van der Waals surface area contributed by atoms with Crippen molar-refractivity contribution < 1.29 is 23.8 Å². The number of carbonyl (C=O) groups is 1. The van der Waals surface area contributed by atoms with Gasteiger partial charge in [-0.2, -0.15) is 0 Å². The van der Waals surface area contributed by atoms with Crippen molar-refractivity contribution in [3.63, 3.8) is 0 Å². The second kappa shape index (κ2) is 9.23. The van der Waals surface area contributed by atoms with E-state index in [1.54, 1.807) is 49.7 Å². The Balaban J connectivity index is 1.53. The van der Waals surface area contributed by atoms with Gasteiger partial charge in [0, 0.05) is 27.2 Å². The molecule has 3 aromatic carbocycles. The first kappa shape index (κ1) is 21.6. The molecule has 0 amide bonds. The Morgan fingerprint density at radius 2 is 1.91 bits per heavy atom. The van der Waals surface area contributed by atoms with Gasteiger partial charge < -0.3 is 19.6 Å². The van der Waals surface area contributed by atoms with Crippen LogP contribution in [-0.4, -0.2) is 28.2 Å². The molecule has 4 aromatic rings. The van der Waals surface area contributed by atoms with Crippen molar-refractivity contribution in [2.45, 2.75) is 6.61 Å². The summed E-state index contributed by atoms with van der Waals surface area (Å²) < 4.78 is 25.9. The topological polar surface area (TPSA) is 84.4 Å². The van der Waals surface area contributed by atoms with E-state index in [4.69, 9.17) is 14.6 Å². The molecule has 2 N–H and O–H groups in total. The minimum atomic E-state index is -0.980. The van der Waals surface area contributed by atoms with Gasteiger partial charge in [0.05, 0.1) is 24.6 Å². The molecule has 32 heavy (non-hydrogen) atoms. The normalized spacial score (nSPS) is 10.7. The Bertz CT molecular complexity index is 1270. The molecule has 1 heterocycles. The van der Waals surface area contributed by atoms with Crippen LogP contribution in [0.15, 0.2) is 71.3 Å². The van der Waals surface area contributed by atoms with Crippen LogP contribution in [-0.2, 0) is 6.61 Å². The van der Waals surface area contributed by atoms with E-state index in [-0.39, 0.29) is 18.0 Å². The number of H-pyrrole nitrogens is 1. The van der Waals surface area contributed by atoms with Gasteiger partial charge in [-0.05, 0) is 36.4 Å². The highest BCUT2D eigenvalue weighted by Crippen LogP contribution is 2.34. The summed E-state index contributed by atoms with van der Waals surface area (Å²) in [5, 5.41) is 9.04. The van der Waals surface area contributed by atoms with E-state index < -0.39 is 5.97 Å². The van der Waals surface area contributed by atoms with Crippen LogP contribution in [0.1, 0.15) is 15.9 Å². The SMILES string of the molecule is COc1cc(OCc2ccc(Br)cc2F)ccc1-c1cnc(-c2ccc(C(=O)O)cc2)[nH]1. The predicted octanol–water partition coefficient (Wildman–Crippen LogP) is 5.93. The molecule has 0 aliphatic heterocycles. The molecular weight excluding hydrogens is 479 g/mol. The predicted molar refractivity (Wildman–Crippen MR) is 121 cm³/mol. The Hall–Kier alpha value is -3.65. The number of imidazole rings is 1. The van der Waals surface area contributed by atoms with Crippen molar-refractivity contribution in [1.82, 2.24) is 9.97 Å². The summed E-state index contributed by atoms with van der Waals surface area (Å²) in [5.41, 5.74) is 2.92. The zero-order valence-electron chi connectivity index (χ0n) is 16.9. The summed E-state index contributed by atoms with van der Waals surface area (Å²) in [4.78, 5) is 18.6. The van der Waals surface area contributed by atoms with Gasteiger partial charge in [0.1, 0.15) is 29.7 Å². The van der Waals surface area contributed by atoms with Crippen molar-refractivity contribution in [3.05, 3.63) is 88.3 Å². The first-order valence-electron chi connectivity index (χ1n) is 9.58. The second-order valence-electron chi connectivity index (χ2n) is 6.91. The van der Waals surface area contributed by atoms with Crippen LogP contribution < -0.4 is 9.47 Å². The molecule has 0 radical (unpaired) electrons. The lowest BCUT2D eigenvalue weighted by molar-refractivity contribution is 0.0697. The minimum absolute atomic E-state index is 0.0855.